The fourth-order valence-electron chi connectivity index (χ4n) is 3.60. The van der Waals surface area contributed by atoms with E-state index in [0.29, 0.717) is 5.56 Å². The summed E-state index contributed by atoms with van der Waals surface area (Å²) in [6.45, 7) is 14.3. The highest BCUT2D eigenvalue weighted by Crippen LogP contribution is 2.37. The van der Waals surface area contributed by atoms with E-state index in [0.717, 1.165) is 0 Å². The number of rotatable bonds is 13. The number of carbonyl (C=O) groups is 4. The summed E-state index contributed by atoms with van der Waals surface area (Å²) in [5.41, 5.74) is 6.52. The minimum atomic E-state index is -1.34. The Bertz CT molecular complexity index is 924. The molecule has 1 rings (SSSR count). The average molecular weight is 508 g/mol. The second-order valence-electron chi connectivity index (χ2n) is 10.4. The zero-order chi connectivity index (χ0) is 27.7. The van der Waals surface area contributed by atoms with E-state index < -0.39 is 47.9 Å². The molecular formula is C27H41NO8. The van der Waals surface area contributed by atoms with Gasteiger partial charge in [0.05, 0.1) is 5.92 Å². The number of ether oxygens (including phenoxy) is 3. The van der Waals surface area contributed by atoms with Crippen LogP contribution < -0.4 is 15.2 Å². The molecule has 0 bridgehead atoms. The van der Waals surface area contributed by atoms with Crippen molar-refractivity contribution in [1.82, 2.24) is 0 Å². The first-order valence-corrected chi connectivity index (χ1v) is 12.4. The highest BCUT2D eigenvalue weighted by atomic mass is 16.6. The van der Waals surface area contributed by atoms with Gasteiger partial charge in [-0.1, -0.05) is 54.5 Å². The maximum absolute atomic E-state index is 12.5. The number of esters is 3. The summed E-state index contributed by atoms with van der Waals surface area (Å²) in [5.74, 6) is -4.16. The minimum Gasteiger partial charge on any atom is -0.480 e. The van der Waals surface area contributed by atoms with Crippen molar-refractivity contribution >= 4 is 23.9 Å². The summed E-state index contributed by atoms with van der Waals surface area (Å²) in [5, 5.41) is 9.70. The maximum atomic E-state index is 12.5. The van der Waals surface area contributed by atoms with E-state index in [2.05, 4.69) is 0 Å². The monoisotopic (exact) mass is 507 g/mol. The fourth-order valence-corrected chi connectivity index (χ4v) is 3.60. The van der Waals surface area contributed by atoms with Gasteiger partial charge in [0.15, 0.2) is 11.5 Å². The van der Waals surface area contributed by atoms with Crippen molar-refractivity contribution in [3.8, 4) is 11.5 Å². The molecule has 3 N–H and O–H groups in total. The van der Waals surface area contributed by atoms with Crippen LogP contribution in [-0.4, -0.2) is 41.1 Å². The molecule has 0 spiro atoms. The summed E-state index contributed by atoms with van der Waals surface area (Å²) in [6.07, 6.45) is -0.338. The first kappa shape index (κ1) is 31.1. The van der Waals surface area contributed by atoms with Crippen LogP contribution in [-0.2, 0) is 23.9 Å². The molecule has 0 radical (unpaired) electrons. The lowest BCUT2D eigenvalue weighted by atomic mass is 9.79. The predicted octanol–water partition coefficient (Wildman–Crippen LogP) is 4.31. The molecule has 0 aliphatic heterocycles. The quantitative estimate of drug-likeness (QED) is 0.295. The molecule has 0 saturated heterocycles. The van der Waals surface area contributed by atoms with Crippen LogP contribution in [0.5, 0.6) is 11.5 Å². The highest BCUT2D eigenvalue weighted by Gasteiger charge is 2.36. The van der Waals surface area contributed by atoms with Crippen LogP contribution in [0.1, 0.15) is 79.7 Å². The number of carboxylic acids is 1. The van der Waals surface area contributed by atoms with Gasteiger partial charge in [0.1, 0.15) is 12.1 Å². The molecule has 9 nitrogen and oxygen atoms in total. The molecule has 9 heteroatoms. The van der Waals surface area contributed by atoms with E-state index in [1.54, 1.807) is 33.8 Å². The van der Waals surface area contributed by atoms with Crippen molar-refractivity contribution in [3.63, 3.8) is 0 Å². The zero-order valence-electron chi connectivity index (χ0n) is 22.6. The van der Waals surface area contributed by atoms with Gasteiger partial charge in [-0.2, -0.15) is 0 Å². The van der Waals surface area contributed by atoms with Crippen molar-refractivity contribution < 1.29 is 38.5 Å². The molecule has 0 aliphatic rings. The van der Waals surface area contributed by atoms with E-state index in [1.807, 2.05) is 27.7 Å². The van der Waals surface area contributed by atoms with Crippen LogP contribution in [0.3, 0.4) is 0 Å². The molecule has 0 saturated carbocycles. The smallest absolute Gasteiger partial charge is 0.321 e. The summed E-state index contributed by atoms with van der Waals surface area (Å²) in [4.78, 5) is 48.8. The Morgan fingerprint density at radius 2 is 1.33 bits per heavy atom. The first-order chi connectivity index (χ1) is 16.6. The standard InChI is InChI=1S/C27H41NO8/c1-14(2)11-22(29)35-20-10-9-19(13-21(20)36-23(30)12-15(3)4)24(25(28)26(31)32)17(7)18(8)34-27(33)16(5)6/h9-10,13-18,24-25H,11-12,28H2,1-8H3,(H,31,32)/t17?,18?,24?,25-/m0/s1. The first-order valence-electron chi connectivity index (χ1n) is 12.4. The zero-order valence-corrected chi connectivity index (χ0v) is 22.6. The molecule has 1 aromatic rings. The van der Waals surface area contributed by atoms with Gasteiger partial charge in [-0.05, 0) is 36.5 Å². The number of carbonyl (C=O) groups excluding carboxylic acids is 3. The third-order valence-electron chi connectivity index (χ3n) is 5.70. The number of nitrogens with two attached hydrogens (primary N) is 1. The second-order valence-corrected chi connectivity index (χ2v) is 10.4. The summed E-state index contributed by atoms with van der Waals surface area (Å²) >= 11 is 0. The SMILES string of the molecule is CC(C)CC(=O)Oc1ccc(C(C(C)C(C)OC(=O)C(C)C)[C@H](N)C(=O)O)cc1OC(=O)CC(C)C. The van der Waals surface area contributed by atoms with Crippen LogP contribution in [0.4, 0.5) is 0 Å². The van der Waals surface area contributed by atoms with Crippen LogP contribution in [0.25, 0.3) is 0 Å². The van der Waals surface area contributed by atoms with Gasteiger partial charge in [0, 0.05) is 24.7 Å². The van der Waals surface area contributed by atoms with Crippen molar-refractivity contribution in [3.05, 3.63) is 23.8 Å². The van der Waals surface area contributed by atoms with E-state index >= 15 is 0 Å². The summed E-state index contributed by atoms with van der Waals surface area (Å²) in [6, 6.07) is 3.18. The fraction of sp³-hybridized carbons (Fsp3) is 0.630. The maximum Gasteiger partial charge on any atom is 0.321 e. The van der Waals surface area contributed by atoms with Crippen molar-refractivity contribution in [2.75, 3.05) is 0 Å². The molecule has 3 unspecified atom stereocenters. The van der Waals surface area contributed by atoms with Crippen molar-refractivity contribution in [2.24, 2.45) is 29.4 Å². The number of hydrogen-bond acceptors (Lipinski definition) is 8. The van der Waals surface area contributed by atoms with Crippen LogP contribution in [0.2, 0.25) is 0 Å². The molecule has 0 aromatic heterocycles. The summed E-state index contributed by atoms with van der Waals surface area (Å²) < 4.78 is 16.5. The molecule has 0 fully saturated rings. The number of hydrogen-bond donors (Lipinski definition) is 2. The Labute approximate surface area is 213 Å². The number of carboxylic acid groups (broad SMARTS) is 1. The Morgan fingerprint density at radius 1 is 0.833 bits per heavy atom. The minimum absolute atomic E-state index is 0.00290. The van der Waals surface area contributed by atoms with Gasteiger partial charge in [0.2, 0.25) is 0 Å². The Hall–Kier alpha value is -2.94. The largest absolute Gasteiger partial charge is 0.480 e. The summed E-state index contributed by atoms with van der Waals surface area (Å²) in [7, 11) is 0. The normalized spacial score (nSPS) is 14.8. The Kier molecular flexibility index (Phi) is 12.1. The Morgan fingerprint density at radius 3 is 1.78 bits per heavy atom. The molecule has 202 valence electrons. The van der Waals surface area contributed by atoms with E-state index in [9.17, 15) is 24.3 Å². The third-order valence-corrected chi connectivity index (χ3v) is 5.70. The van der Waals surface area contributed by atoms with Gasteiger partial charge < -0.3 is 25.1 Å². The second kappa shape index (κ2) is 14.0. The van der Waals surface area contributed by atoms with E-state index in [-0.39, 0.29) is 42.1 Å². The average Bonchev–Trinajstić information content (AvgIpc) is 2.73. The molecule has 1 aromatic carbocycles. The lowest BCUT2D eigenvalue weighted by Crippen LogP contribution is -2.43. The van der Waals surface area contributed by atoms with Gasteiger partial charge in [-0.3, -0.25) is 19.2 Å². The van der Waals surface area contributed by atoms with E-state index in [4.69, 9.17) is 19.9 Å². The Balaban J connectivity index is 3.47. The van der Waals surface area contributed by atoms with Crippen LogP contribution >= 0.6 is 0 Å². The van der Waals surface area contributed by atoms with Gasteiger partial charge in [-0.15, -0.1) is 0 Å². The van der Waals surface area contributed by atoms with Crippen LogP contribution in [0.15, 0.2) is 18.2 Å². The lowest BCUT2D eigenvalue weighted by molar-refractivity contribution is -0.155. The van der Waals surface area contributed by atoms with E-state index in [1.165, 1.54) is 12.1 Å². The van der Waals surface area contributed by atoms with Gasteiger partial charge >= 0.3 is 23.9 Å². The molecule has 36 heavy (non-hydrogen) atoms. The van der Waals surface area contributed by atoms with Crippen LogP contribution in [0, 0.1) is 23.7 Å². The van der Waals surface area contributed by atoms with Crippen molar-refractivity contribution in [1.29, 1.82) is 0 Å². The van der Waals surface area contributed by atoms with Gasteiger partial charge in [0.25, 0.3) is 0 Å². The van der Waals surface area contributed by atoms with Crippen molar-refractivity contribution in [2.45, 2.75) is 86.3 Å². The lowest BCUT2D eigenvalue weighted by Gasteiger charge is -2.32. The van der Waals surface area contributed by atoms with Gasteiger partial charge in [-0.25, -0.2) is 0 Å². The number of benzene rings is 1. The molecule has 0 amide bonds. The molecule has 0 aliphatic carbocycles. The molecule has 0 heterocycles. The molecule has 4 atom stereocenters. The highest BCUT2D eigenvalue weighted by molar-refractivity contribution is 5.77. The topological polar surface area (TPSA) is 142 Å². The predicted molar refractivity (Wildman–Crippen MR) is 135 cm³/mol. The number of aliphatic carboxylic acids is 1. The third kappa shape index (κ3) is 9.60. The molecular weight excluding hydrogens is 466 g/mol.